The monoisotopic (exact) mass is 616 g/mol. The van der Waals surface area contributed by atoms with Crippen molar-refractivity contribution >= 4 is 52.0 Å². The maximum Gasteiger partial charge on any atom is 0.494 e. The number of hydrogen-bond donors (Lipinski definition) is 0. The number of halogens is 7. The molecule has 0 aliphatic carbocycles. The highest BCUT2D eigenvalue weighted by atomic mass is 79.9. The lowest BCUT2D eigenvalue weighted by Gasteiger charge is -2.32. The van der Waals surface area contributed by atoms with E-state index in [4.69, 9.17) is 9.31 Å². The van der Waals surface area contributed by atoms with Crippen molar-refractivity contribution in [2.24, 2.45) is 0 Å². The predicted molar refractivity (Wildman–Crippen MR) is 139 cm³/mol. The van der Waals surface area contributed by atoms with Gasteiger partial charge in [0.1, 0.15) is 0 Å². The van der Waals surface area contributed by atoms with Crippen LogP contribution in [0.3, 0.4) is 0 Å². The van der Waals surface area contributed by atoms with Gasteiger partial charge in [-0.3, -0.25) is 0 Å². The highest BCUT2D eigenvalue weighted by Crippen LogP contribution is 2.38. The molecular weight excluding hydrogens is 589 g/mol. The minimum atomic E-state index is -4.39. The first-order valence-corrected chi connectivity index (χ1v) is 13.9. The predicted octanol–water partition coefficient (Wildman–Crippen LogP) is 8.70. The van der Waals surface area contributed by atoms with Crippen LogP contribution in [0.25, 0.3) is 0 Å². The van der Waals surface area contributed by atoms with Crippen molar-refractivity contribution in [1.82, 2.24) is 0 Å². The van der Waals surface area contributed by atoms with E-state index in [0.717, 1.165) is 17.9 Å². The van der Waals surface area contributed by atoms with Gasteiger partial charge in [0.25, 0.3) is 0 Å². The highest BCUT2D eigenvalue weighted by Gasteiger charge is 2.52. The first-order valence-electron chi connectivity index (χ1n) is 11.1. The van der Waals surface area contributed by atoms with Crippen LogP contribution >= 0.6 is 39.5 Å². The van der Waals surface area contributed by atoms with E-state index in [2.05, 4.69) is 15.9 Å². The molecule has 36 heavy (non-hydrogen) atoms. The summed E-state index contributed by atoms with van der Waals surface area (Å²) in [7, 11) is -0.788. The van der Waals surface area contributed by atoms with Gasteiger partial charge in [0.05, 0.1) is 22.3 Å². The maximum absolute atomic E-state index is 13.1. The lowest BCUT2D eigenvalue weighted by Crippen LogP contribution is -2.41. The van der Waals surface area contributed by atoms with Gasteiger partial charge in [0.2, 0.25) is 0 Å². The zero-order chi connectivity index (χ0) is 27.5. The molecule has 12 heteroatoms. The molecule has 0 radical (unpaired) electrons. The van der Waals surface area contributed by atoms with Gasteiger partial charge in [0.15, 0.2) is 0 Å². The Kier molecular flexibility index (Phi) is 10.4. The second kappa shape index (κ2) is 11.9. The first-order chi connectivity index (χ1) is 16.4. The zero-order valence-corrected chi connectivity index (χ0v) is 24.0. The summed E-state index contributed by atoms with van der Waals surface area (Å²) in [5.74, 6) is 1.46. The van der Waals surface area contributed by atoms with Crippen LogP contribution in [0.15, 0.2) is 50.7 Å². The Morgan fingerprint density at radius 1 is 0.722 bits per heavy atom. The summed E-state index contributed by atoms with van der Waals surface area (Å²) in [6.45, 7) is 11.3. The summed E-state index contributed by atoms with van der Waals surface area (Å²) in [6.07, 6.45) is -8.66. The van der Waals surface area contributed by atoms with Gasteiger partial charge in [-0.05, 0) is 75.0 Å². The molecule has 1 aliphatic heterocycles. The molecule has 0 bridgehead atoms. The van der Waals surface area contributed by atoms with Crippen LogP contribution in [-0.2, 0) is 21.7 Å². The van der Waals surface area contributed by atoms with Gasteiger partial charge in [-0.15, -0.1) is 23.5 Å². The smallest absolute Gasteiger partial charge is 0.399 e. The van der Waals surface area contributed by atoms with E-state index >= 15 is 0 Å². The molecule has 1 saturated heterocycles. The second-order valence-corrected chi connectivity index (χ2v) is 12.5. The summed E-state index contributed by atoms with van der Waals surface area (Å²) < 4.78 is 88.5. The number of alkyl halides is 6. The van der Waals surface area contributed by atoms with Crippen LogP contribution < -0.4 is 5.46 Å². The third kappa shape index (κ3) is 8.34. The summed E-state index contributed by atoms with van der Waals surface area (Å²) in [6, 6.07) is 7.93. The Labute approximate surface area is 225 Å². The van der Waals surface area contributed by atoms with Crippen LogP contribution in [0.2, 0.25) is 0 Å². The van der Waals surface area contributed by atoms with Crippen molar-refractivity contribution in [2.45, 2.75) is 74.9 Å². The van der Waals surface area contributed by atoms with Gasteiger partial charge in [-0.2, -0.15) is 26.3 Å². The van der Waals surface area contributed by atoms with Crippen LogP contribution in [-0.4, -0.2) is 29.8 Å². The average molecular weight is 617 g/mol. The Bertz CT molecular complexity index is 1030. The summed E-state index contributed by atoms with van der Waals surface area (Å²) >= 11 is 5.82. The van der Waals surface area contributed by atoms with Gasteiger partial charge in [-0.1, -0.05) is 35.8 Å². The molecule has 0 N–H and O–H groups in total. The fraction of sp³-hybridized carbons (Fsp3) is 0.500. The molecule has 0 spiro atoms. The average Bonchev–Trinajstić information content (AvgIpc) is 2.94. The molecule has 1 heterocycles. The van der Waals surface area contributed by atoms with Gasteiger partial charge < -0.3 is 9.31 Å². The molecule has 2 aromatic rings. The SMILES string of the molecule is CCSc1cc(B2OC(C)(C)C(C)(C)O2)cc(C(F)(F)F)c1.CCSc1cc(Br)cc(C(F)(F)F)c1. The topological polar surface area (TPSA) is 18.5 Å². The van der Waals surface area contributed by atoms with Gasteiger partial charge in [-0.25, -0.2) is 0 Å². The van der Waals surface area contributed by atoms with Crippen molar-refractivity contribution in [3.05, 3.63) is 52.0 Å². The fourth-order valence-corrected chi connectivity index (χ4v) is 5.29. The normalized spacial score (nSPS) is 17.1. The van der Waals surface area contributed by atoms with Crippen LogP contribution in [0.1, 0.15) is 52.7 Å². The van der Waals surface area contributed by atoms with Crippen LogP contribution in [0.4, 0.5) is 26.3 Å². The minimum Gasteiger partial charge on any atom is -0.399 e. The molecular formula is C24H28BBrF6O2S2. The Morgan fingerprint density at radius 2 is 1.14 bits per heavy atom. The van der Waals surface area contributed by atoms with Crippen molar-refractivity contribution in [1.29, 1.82) is 0 Å². The third-order valence-corrected chi connectivity index (χ3v) is 7.78. The minimum absolute atomic E-state index is 0.407. The van der Waals surface area contributed by atoms with E-state index in [1.54, 1.807) is 12.1 Å². The molecule has 0 aromatic heterocycles. The van der Waals surface area contributed by atoms with Gasteiger partial charge in [0, 0.05) is 14.3 Å². The van der Waals surface area contributed by atoms with E-state index in [0.29, 0.717) is 25.5 Å². The van der Waals surface area contributed by atoms with E-state index in [-0.39, 0.29) is 0 Å². The molecule has 2 aromatic carbocycles. The third-order valence-electron chi connectivity index (χ3n) is 5.60. The van der Waals surface area contributed by atoms with E-state index in [1.165, 1.54) is 35.7 Å². The number of benzene rings is 2. The quantitative estimate of drug-likeness (QED) is 0.190. The molecule has 0 unspecified atom stereocenters. The molecule has 1 fully saturated rings. The summed E-state index contributed by atoms with van der Waals surface area (Å²) in [5.41, 5.74) is -2.03. The van der Waals surface area contributed by atoms with Crippen LogP contribution in [0, 0.1) is 0 Å². The van der Waals surface area contributed by atoms with E-state index < -0.39 is 41.8 Å². The molecule has 0 atom stereocenters. The summed E-state index contributed by atoms with van der Waals surface area (Å²) in [5, 5.41) is 0. The van der Waals surface area contributed by atoms with Crippen molar-refractivity contribution in [3.63, 3.8) is 0 Å². The van der Waals surface area contributed by atoms with Crippen molar-refractivity contribution in [3.8, 4) is 0 Å². The zero-order valence-electron chi connectivity index (χ0n) is 20.7. The molecule has 0 saturated carbocycles. The molecule has 1 aliphatic rings. The first kappa shape index (κ1) is 31.4. The van der Waals surface area contributed by atoms with Gasteiger partial charge >= 0.3 is 19.5 Å². The summed E-state index contributed by atoms with van der Waals surface area (Å²) in [4.78, 5) is 1.20. The number of rotatable bonds is 5. The number of thioether (sulfide) groups is 2. The Hall–Kier alpha value is -0.815. The fourth-order valence-electron chi connectivity index (χ4n) is 3.13. The molecule has 0 amide bonds. The highest BCUT2D eigenvalue weighted by molar-refractivity contribution is 9.10. The van der Waals surface area contributed by atoms with Crippen molar-refractivity contribution in [2.75, 3.05) is 11.5 Å². The Balaban J connectivity index is 0.000000281. The lowest BCUT2D eigenvalue weighted by atomic mass is 9.78. The molecule has 3 rings (SSSR count). The standard InChI is InChI=1S/C15H20BF3O2S.C9H8BrF3S/c1-6-22-12-8-10(15(17,18)19)7-11(9-12)16-20-13(2,3)14(4,5)21-16;1-2-14-8-4-6(9(11,12)13)3-7(10)5-8/h7-9H,6H2,1-5H3;3-5H,2H2,1H3. The number of hydrogen-bond acceptors (Lipinski definition) is 4. The molecule has 200 valence electrons. The van der Waals surface area contributed by atoms with Crippen LogP contribution in [0.5, 0.6) is 0 Å². The second-order valence-electron chi connectivity index (χ2n) is 8.92. The maximum atomic E-state index is 13.1. The van der Waals surface area contributed by atoms with Crippen molar-refractivity contribution < 1.29 is 35.7 Å². The molecule has 2 nitrogen and oxygen atoms in total. The Morgan fingerprint density at radius 3 is 1.56 bits per heavy atom. The van der Waals surface area contributed by atoms with E-state index in [9.17, 15) is 26.3 Å². The lowest BCUT2D eigenvalue weighted by molar-refractivity contribution is -0.138. The van der Waals surface area contributed by atoms with E-state index in [1.807, 2.05) is 41.5 Å². The largest absolute Gasteiger partial charge is 0.494 e.